The van der Waals surface area contributed by atoms with E-state index in [0.717, 1.165) is 25.7 Å². The SMILES string of the molecule is C=CCCC=CCCC=CCCC=CCCC=CCCC. The van der Waals surface area contributed by atoms with Gasteiger partial charge in [-0.25, -0.2) is 0 Å². The van der Waals surface area contributed by atoms with Gasteiger partial charge in [0.05, 0.1) is 0 Å². The first-order valence-corrected chi connectivity index (χ1v) is 8.62. The first kappa shape index (κ1) is 19.7. The van der Waals surface area contributed by atoms with Gasteiger partial charge in [-0.05, 0) is 57.8 Å². The molecule has 0 spiro atoms. The van der Waals surface area contributed by atoms with Crippen LogP contribution in [-0.2, 0) is 0 Å². The van der Waals surface area contributed by atoms with E-state index in [2.05, 4.69) is 62.1 Å². The Morgan fingerprint density at radius 3 is 1.05 bits per heavy atom. The first-order chi connectivity index (χ1) is 10.4. The van der Waals surface area contributed by atoms with Gasteiger partial charge in [-0.1, -0.05) is 68.0 Å². The van der Waals surface area contributed by atoms with E-state index in [1.165, 1.54) is 38.5 Å². The molecule has 0 aromatic heterocycles. The van der Waals surface area contributed by atoms with Crippen LogP contribution in [0, 0.1) is 0 Å². The molecule has 0 atom stereocenters. The summed E-state index contributed by atoms with van der Waals surface area (Å²) < 4.78 is 0. The molecule has 118 valence electrons. The fourth-order valence-electron chi connectivity index (χ4n) is 1.90. The maximum atomic E-state index is 3.72. The van der Waals surface area contributed by atoms with Gasteiger partial charge >= 0.3 is 0 Å². The van der Waals surface area contributed by atoms with Gasteiger partial charge in [0.15, 0.2) is 0 Å². The molecule has 0 saturated carbocycles. The Hall–Kier alpha value is -1.30. The zero-order chi connectivity index (χ0) is 15.4. The Morgan fingerprint density at radius 1 is 0.476 bits per heavy atom. The summed E-state index contributed by atoms with van der Waals surface area (Å²) in [5.74, 6) is 0. The highest BCUT2D eigenvalue weighted by Crippen LogP contribution is 2.01. The Bertz CT molecular complexity index is 315. The smallest absolute Gasteiger partial charge is 0.0316 e. The summed E-state index contributed by atoms with van der Waals surface area (Å²) in [5.41, 5.74) is 0. The van der Waals surface area contributed by atoms with Crippen molar-refractivity contribution in [1.29, 1.82) is 0 Å². The Kier molecular flexibility index (Phi) is 17.5. The zero-order valence-corrected chi connectivity index (χ0v) is 14.0. The minimum Gasteiger partial charge on any atom is -0.103 e. The van der Waals surface area contributed by atoms with Gasteiger partial charge in [-0.2, -0.15) is 0 Å². The van der Waals surface area contributed by atoms with E-state index >= 15 is 0 Å². The van der Waals surface area contributed by atoms with Crippen molar-refractivity contribution in [2.45, 2.75) is 71.1 Å². The second-order valence-corrected chi connectivity index (χ2v) is 5.27. The predicted molar refractivity (Wildman–Crippen MR) is 98.6 cm³/mol. The van der Waals surface area contributed by atoms with Gasteiger partial charge in [0.25, 0.3) is 0 Å². The lowest BCUT2D eigenvalue weighted by Crippen LogP contribution is -1.70. The number of hydrogen-bond donors (Lipinski definition) is 0. The molecule has 0 bridgehead atoms. The molecule has 0 heterocycles. The van der Waals surface area contributed by atoms with Crippen LogP contribution in [0.1, 0.15) is 71.1 Å². The number of unbranched alkanes of at least 4 members (excludes halogenated alkanes) is 5. The molecule has 0 rings (SSSR count). The van der Waals surface area contributed by atoms with E-state index in [-0.39, 0.29) is 0 Å². The van der Waals surface area contributed by atoms with Crippen LogP contribution >= 0.6 is 0 Å². The van der Waals surface area contributed by atoms with Crippen molar-refractivity contribution in [1.82, 2.24) is 0 Å². The second kappa shape index (κ2) is 18.7. The minimum atomic E-state index is 1.09. The van der Waals surface area contributed by atoms with Gasteiger partial charge in [0.1, 0.15) is 0 Å². The molecule has 0 aliphatic heterocycles. The number of allylic oxidation sites excluding steroid dienone is 9. The average molecular weight is 287 g/mol. The summed E-state index contributed by atoms with van der Waals surface area (Å²) in [6, 6.07) is 0. The van der Waals surface area contributed by atoms with E-state index in [4.69, 9.17) is 0 Å². The van der Waals surface area contributed by atoms with Crippen molar-refractivity contribution in [2.75, 3.05) is 0 Å². The highest BCUT2D eigenvalue weighted by molar-refractivity contribution is 4.92. The van der Waals surface area contributed by atoms with Crippen molar-refractivity contribution in [3.63, 3.8) is 0 Å². The van der Waals surface area contributed by atoms with E-state index in [1.807, 2.05) is 6.08 Å². The topological polar surface area (TPSA) is 0 Å². The molecule has 0 aromatic rings. The van der Waals surface area contributed by atoms with Crippen LogP contribution < -0.4 is 0 Å². The van der Waals surface area contributed by atoms with Crippen molar-refractivity contribution >= 4 is 0 Å². The lowest BCUT2D eigenvalue weighted by Gasteiger charge is -1.90. The van der Waals surface area contributed by atoms with E-state index in [1.54, 1.807) is 0 Å². The van der Waals surface area contributed by atoms with Gasteiger partial charge in [0.2, 0.25) is 0 Å². The lowest BCUT2D eigenvalue weighted by atomic mass is 10.2. The van der Waals surface area contributed by atoms with E-state index in [0.29, 0.717) is 0 Å². The molecule has 0 aromatic carbocycles. The average Bonchev–Trinajstić information content (AvgIpc) is 2.50. The summed E-state index contributed by atoms with van der Waals surface area (Å²) >= 11 is 0. The standard InChI is InChI=1S/C21H34/c1-3-5-7-9-11-13-15-17-19-21-20-18-16-14-12-10-8-6-4-2/h3,8-11,16-19H,1,4-7,12-15,20-21H2,2H3. The normalized spacial score (nSPS) is 12.4. The van der Waals surface area contributed by atoms with Crippen LogP contribution in [0.2, 0.25) is 0 Å². The fraction of sp³-hybridized carbons (Fsp3) is 0.524. The van der Waals surface area contributed by atoms with Crippen LogP contribution in [0.25, 0.3) is 0 Å². The highest BCUT2D eigenvalue weighted by Gasteiger charge is 1.81. The summed E-state index contributed by atoms with van der Waals surface area (Å²) in [7, 11) is 0. The van der Waals surface area contributed by atoms with Crippen molar-refractivity contribution in [3.8, 4) is 0 Å². The monoisotopic (exact) mass is 286 g/mol. The van der Waals surface area contributed by atoms with Gasteiger partial charge in [-0.3, -0.25) is 0 Å². The fourth-order valence-corrected chi connectivity index (χ4v) is 1.90. The molecule has 0 nitrogen and oxygen atoms in total. The van der Waals surface area contributed by atoms with E-state index in [9.17, 15) is 0 Å². The molecule has 0 radical (unpaired) electrons. The maximum Gasteiger partial charge on any atom is -0.0316 e. The predicted octanol–water partition coefficient (Wildman–Crippen LogP) is 7.32. The van der Waals surface area contributed by atoms with Crippen molar-refractivity contribution < 1.29 is 0 Å². The summed E-state index contributed by atoms with van der Waals surface area (Å²) in [6.45, 7) is 5.94. The molecule has 0 heteroatoms. The third-order valence-electron chi connectivity index (χ3n) is 3.16. The molecule has 0 aliphatic rings. The quantitative estimate of drug-likeness (QED) is 0.232. The molecule has 21 heavy (non-hydrogen) atoms. The molecule has 0 fully saturated rings. The molecule has 0 unspecified atom stereocenters. The second-order valence-electron chi connectivity index (χ2n) is 5.27. The van der Waals surface area contributed by atoms with Crippen LogP contribution in [0.5, 0.6) is 0 Å². The highest BCUT2D eigenvalue weighted by atomic mass is 13.9. The third-order valence-corrected chi connectivity index (χ3v) is 3.16. The maximum absolute atomic E-state index is 3.72. The van der Waals surface area contributed by atoms with Gasteiger partial charge < -0.3 is 0 Å². The Labute approximate surface area is 133 Å². The third kappa shape index (κ3) is 18.7. The van der Waals surface area contributed by atoms with Crippen molar-refractivity contribution in [3.05, 3.63) is 61.3 Å². The largest absolute Gasteiger partial charge is 0.103 e. The molecule has 0 amide bonds. The van der Waals surface area contributed by atoms with Crippen LogP contribution in [-0.4, -0.2) is 0 Å². The molecule has 0 N–H and O–H groups in total. The molecule has 0 saturated heterocycles. The number of hydrogen-bond acceptors (Lipinski definition) is 0. The van der Waals surface area contributed by atoms with Crippen LogP contribution in [0.15, 0.2) is 61.3 Å². The van der Waals surface area contributed by atoms with Gasteiger partial charge in [-0.15, -0.1) is 6.58 Å². The Morgan fingerprint density at radius 2 is 0.762 bits per heavy atom. The molecular weight excluding hydrogens is 252 g/mol. The summed E-state index contributed by atoms with van der Waals surface area (Å²) in [5, 5.41) is 0. The van der Waals surface area contributed by atoms with Crippen LogP contribution in [0.4, 0.5) is 0 Å². The van der Waals surface area contributed by atoms with Crippen molar-refractivity contribution in [2.24, 2.45) is 0 Å². The van der Waals surface area contributed by atoms with Crippen LogP contribution in [0.3, 0.4) is 0 Å². The minimum absolute atomic E-state index is 1.09. The molecule has 0 aliphatic carbocycles. The number of rotatable bonds is 14. The first-order valence-electron chi connectivity index (χ1n) is 8.62. The summed E-state index contributed by atoms with van der Waals surface area (Å²) in [4.78, 5) is 0. The summed E-state index contributed by atoms with van der Waals surface area (Å²) in [6.07, 6.45) is 32.1. The lowest BCUT2D eigenvalue weighted by molar-refractivity contribution is 0.940. The van der Waals surface area contributed by atoms with Gasteiger partial charge in [0, 0.05) is 0 Å². The zero-order valence-electron chi connectivity index (χ0n) is 14.0. The Balaban J connectivity index is 3.31. The molecular formula is C21H34. The van der Waals surface area contributed by atoms with E-state index < -0.39 is 0 Å².